The topological polar surface area (TPSA) is 99.9 Å². The maximum absolute atomic E-state index is 13.6. The molecule has 0 unspecified atom stereocenters. The van der Waals surface area contributed by atoms with Crippen molar-refractivity contribution in [2.45, 2.75) is 39.8 Å². The first-order chi connectivity index (χ1) is 17.8. The molecule has 37 heavy (non-hydrogen) atoms. The molecular formula is C29H30N2O6. The third-order valence-electron chi connectivity index (χ3n) is 6.44. The zero-order chi connectivity index (χ0) is 26.7. The third-order valence-corrected chi connectivity index (χ3v) is 6.44. The van der Waals surface area contributed by atoms with Crippen LogP contribution in [0.25, 0.3) is 11.0 Å². The van der Waals surface area contributed by atoms with Crippen molar-refractivity contribution in [3.63, 3.8) is 0 Å². The summed E-state index contributed by atoms with van der Waals surface area (Å²) < 4.78 is 18.4. The number of fused-ring (bicyclic) bond motifs is 1. The van der Waals surface area contributed by atoms with E-state index in [2.05, 4.69) is 4.98 Å². The summed E-state index contributed by atoms with van der Waals surface area (Å²) in [4.78, 5) is 29.8. The number of carboxylic acids is 1. The van der Waals surface area contributed by atoms with Crippen molar-refractivity contribution in [2.24, 2.45) is 0 Å². The van der Waals surface area contributed by atoms with Crippen LogP contribution in [-0.2, 0) is 11.3 Å². The van der Waals surface area contributed by atoms with E-state index in [1.165, 1.54) is 0 Å². The summed E-state index contributed by atoms with van der Waals surface area (Å²) >= 11 is 0. The number of aryl methyl sites for hydroxylation is 1. The van der Waals surface area contributed by atoms with E-state index >= 15 is 0 Å². The quantitative estimate of drug-likeness (QED) is 0.298. The van der Waals surface area contributed by atoms with Crippen LogP contribution >= 0.6 is 0 Å². The van der Waals surface area contributed by atoms with E-state index in [1.807, 2.05) is 42.7 Å². The highest BCUT2D eigenvalue weighted by molar-refractivity contribution is 6.17. The highest BCUT2D eigenvalue weighted by Crippen LogP contribution is 2.31. The van der Waals surface area contributed by atoms with Crippen LogP contribution in [0.1, 0.15) is 46.1 Å². The number of pyridine rings is 1. The molecule has 0 radical (unpaired) electrons. The van der Waals surface area contributed by atoms with E-state index in [-0.39, 0.29) is 5.78 Å². The molecule has 0 amide bonds. The van der Waals surface area contributed by atoms with Gasteiger partial charge in [0, 0.05) is 29.3 Å². The van der Waals surface area contributed by atoms with Crippen LogP contribution in [-0.4, -0.2) is 46.7 Å². The van der Waals surface area contributed by atoms with Gasteiger partial charge in [0.25, 0.3) is 0 Å². The summed E-state index contributed by atoms with van der Waals surface area (Å²) in [6.45, 7) is 5.95. The monoisotopic (exact) mass is 502 g/mol. The van der Waals surface area contributed by atoms with Crippen LogP contribution in [0.5, 0.6) is 17.4 Å². The van der Waals surface area contributed by atoms with E-state index in [4.69, 9.17) is 14.2 Å². The molecule has 0 aliphatic heterocycles. The zero-order valence-electron chi connectivity index (χ0n) is 21.6. The van der Waals surface area contributed by atoms with E-state index in [0.717, 1.165) is 22.2 Å². The fraction of sp³-hybridized carbons (Fsp3) is 0.276. The van der Waals surface area contributed by atoms with Gasteiger partial charge in [-0.1, -0.05) is 19.1 Å². The predicted octanol–water partition coefficient (Wildman–Crippen LogP) is 5.19. The van der Waals surface area contributed by atoms with E-state index in [1.54, 1.807) is 51.5 Å². The Morgan fingerprint density at radius 3 is 2.35 bits per heavy atom. The maximum atomic E-state index is 13.6. The maximum Gasteiger partial charge on any atom is 0.344 e. The standard InChI is InChI=1S/C29H30N2O6/c1-6-23(29(33)34)37-24-15-19(8-7-17(24)2)16-31-18(3)26(22-13-14-25(36-5)30-28(22)31)27(32)20-9-11-21(35-4)12-10-20/h7-15,23H,6,16H2,1-5H3,(H,33,34)/t23-/m1/s1. The lowest BCUT2D eigenvalue weighted by Crippen LogP contribution is -2.26. The van der Waals surface area contributed by atoms with Crippen molar-refractivity contribution in [2.75, 3.05) is 14.2 Å². The number of carbonyl (C=O) groups excluding carboxylic acids is 1. The minimum Gasteiger partial charge on any atom is -0.497 e. The molecule has 2 aromatic carbocycles. The number of ketones is 1. The first-order valence-electron chi connectivity index (χ1n) is 12.0. The molecule has 8 heteroatoms. The molecule has 0 saturated heterocycles. The number of hydrogen-bond acceptors (Lipinski definition) is 6. The van der Waals surface area contributed by atoms with E-state index in [0.29, 0.717) is 47.1 Å². The number of aromatic nitrogens is 2. The Kier molecular flexibility index (Phi) is 7.47. The summed E-state index contributed by atoms with van der Waals surface area (Å²) in [6.07, 6.45) is -0.580. The van der Waals surface area contributed by atoms with Crippen LogP contribution in [0.3, 0.4) is 0 Å². The molecule has 2 heterocycles. The van der Waals surface area contributed by atoms with Gasteiger partial charge >= 0.3 is 5.97 Å². The molecule has 0 aliphatic carbocycles. The highest BCUT2D eigenvalue weighted by atomic mass is 16.5. The smallest absolute Gasteiger partial charge is 0.344 e. The largest absolute Gasteiger partial charge is 0.497 e. The Hall–Kier alpha value is -4.33. The van der Waals surface area contributed by atoms with Crippen molar-refractivity contribution in [1.82, 2.24) is 9.55 Å². The van der Waals surface area contributed by atoms with Crippen molar-refractivity contribution >= 4 is 22.8 Å². The van der Waals surface area contributed by atoms with Gasteiger partial charge in [-0.05, 0) is 67.8 Å². The van der Waals surface area contributed by atoms with E-state index in [9.17, 15) is 14.7 Å². The van der Waals surface area contributed by atoms with Crippen LogP contribution in [0, 0.1) is 13.8 Å². The second kappa shape index (κ2) is 10.7. The minimum absolute atomic E-state index is 0.115. The van der Waals surface area contributed by atoms with Crippen LogP contribution < -0.4 is 14.2 Å². The fourth-order valence-corrected chi connectivity index (χ4v) is 4.32. The second-order valence-electron chi connectivity index (χ2n) is 8.78. The number of ether oxygens (including phenoxy) is 3. The van der Waals surface area contributed by atoms with Gasteiger partial charge in [-0.25, -0.2) is 4.79 Å². The molecule has 0 aliphatic rings. The Morgan fingerprint density at radius 2 is 1.73 bits per heavy atom. The lowest BCUT2D eigenvalue weighted by atomic mass is 10.0. The molecule has 2 aromatic heterocycles. The van der Waals surface area contributed by atoms with Crippen LogP contribution in [0.15, 0.2) is 54.6 Å². The minimum atomic E-state index is -1.00. The molecule has 1 N–H and O–H groups in total. The van der Waals surface area contributed by atoms with Crippen molar-refractivity contribution in [3.8, 4) is 17.4 Å². The Bertz CT molecular complexity index is 1460. The summed E-state index contributed by atoms with van der Waals surface area (Å²) in [6, 6.07) is 16.3. The van der Waals surface area contributed by atoms with Gasteiger partial charge in [0.05, 0.1) is 19.8 Å². The molecule has 0 fully saturated rings. The first-order valence-corrected chi connectivity index (χ1v) is 12.0. The molecule has 1 atom stereocenters. The van der Waals surface area contributed by atoms with Gasteiger partial charge in [0.2, 0.25) is 5.88 Å². The molecule has 4 aromatic rings. The SMILES string of the molecule is CC[C@@H](Oc1cc(Cn2c(C)c(C(=O)c3ccc(OC)cc3)c3ccc(OC)nc32)ccc1C)C(=O)O. The molecule has 0 saturated carbocycles. The van der Waals surface area contributed by atoms with Crippen molar-refractivity contribution in [3.05, 3.63) is 82.5 Å². The second-order valence-corrected chi connectivity index (χ2v) is 8.78. The number of benzene rings is 2. The zero-order valence-corrected chi connectivity index (χ0v) is 21.6. The Balaban J connectivity index is 1.79. The summed E-state index contributed by atoms with van der Waals surface area (Å²) in [5.74, 6) is 0.511. The van der Waals surface area contributed by atoms with Gasteiger partial charge in [-0.3, -0.25) is 4.79 Å². The summed E-state index contributed by atoms with van der Waals surface area (Å²) in [5, 5.41) is 10.1. The Morgan fingerprint density at radius 1 is 1.00 bits per heavy atom. The van der Waals surface area contributed by atoms with Gasteiger partial charge in [0.15, 0.2) is 11.9 Å². The van der Waals surface area contributed by atoms with Gasteiger partial charge in [0.1, 0.15) is 17.1 Å². The number of carboxylic acid groups (broad SMARTS) is 1. The lowest BCUT2D eigenvalue weighted by Gasteiger charge is -2.17. The molecule has 0 spiro atoms. The average Bonchev–Trinajstić information content (AvgIpc) is 3.18. The molecule has 8 nitrogen and oxygen atoms in total. The average molecular weight is 503 g/mol. The Labute approximate surface area is 215 Å². The van der Waals surface area contributed by atoms with Crippen molar-refractivity contribution < 1.29 is 28.9 Å². The van der Waals surface area contributed by atoms with E-state index < -0.39 is 12.1 Å². The van der Waals surface area contributed by atoms with Gasteiger partial charge in [-0.15, -0.1) is 0 Å². The van der Waals surface area contributed by atoms with Crippen molar-refractivity contribution in [1.29, 1.82) is 0 Å². The third kappa shape index (κ3) is 5.14. The summed E-state index contributed by atoms with van der Waals surface area (Å²) in [5.41, 5.74) is 4.21. The molecule has 0 bridgehead atoms. The predicted molar refractivity (Wildman–Crippen MR) is 140 cm³/mol. The number of hydrogen-bond donors (Lipinski definition) is 1. The van der Waals surface area contributed by atoms with Gasteiger partial charge in [-0.2, -0.15) is 4.98 Å². The molecule has 192 valence electrons. The lowest BCUT2D eigenvalue weighted by molar-refractivity contribution is -0.145. The fourth-order valence-electron chi connectivity index (χ4n) is 4.32. The number of carbonyl (C=O) groups is 2. The molecular weight excluding hydrogens is 472 g/mol. The number of methoxy groups -OCH3 is 2. The van der Waals surface area contributed by atoms with Crippen LogP contribution in [0.4, 0.5) is 0 Å². The normalized spacial score (nSPS) is 11.8. The molecule has 4 rings (SSSR count). The highest BCUT2D eigenvalue weighted by Gasteiger charge is 2.23. The number of rotatable bonds is 10. The number of nitrogens with zero attached hydrogens (tertiary/aromatic N) is 2. The van der Waals surface area contributed by atoms with Gasteiger partial charge < -0.3 is 23.9 Å². The first kappa shape index (κ1) is 25.8. The summed E-state index contributed by atoms with van der Waals surface area (Å²) in [7, 11) is 3.13. The van der Waals surface area contributed by atoms with Crippen LogP contribution in [0.2, 0.25) is 0 Å². The number of aliphatic carboxylic acids is 1.